The minimum Gasteiger partial charge on any atom is -0.505 e. The van der Waals surface area contributed by atoms with E-state index in [9.17, 15) is 19.1 Å². The molecule has 0 aromatic heterocycles. The summed E-state index contributed by atoms with van der Waals surface area (Å²) in [5.41, 5.74) is 5.07. The van der Waals surface area contributed by atoms with Crippen LogP contribution in [0.15, 0.2) is 12.1 Å². The summed E-state index contributed by atoms with van der Waals surface area (Å²) >= 11 is 0. The Morgan fingerprint density at radius 2 is 2.11 bits per heavy atom. The van der Waals surface area contributed by atoms with E-state index < -0.39 is 29.5 Å². The van der Waals surface area contributed by atoms with Crippen LogP contribution in [0.3, 0.4) is 0 Å². The quantitative estimate of drug-likeness (QED) is 0.688. The highest BCUT2D eigenvalue weighted by atomic mass is 19.1. The number of carbonyl (C=O) groups is 2. The van der Waals surface area contributed by atoms with Crippen molar-refractivity contribution in [1.29, 1.82) is 0 Å². The Kier molecular flexibility index (Phi) is 4.22. The van der Waals surface area contributed by atoms with Crippen molar-refractivity contribution >= 4 is 11.9 Å². The predicted octanol–water partition coefficient (Wildman–Crippen LogP) is 0.792. The zero-order chi connectivity index (χ0) is 13.9. The molecule has 0 aliphatic carbocycles. The van der Waals surface area contributed by atoms with E-state index in [1.807, 2.05) is 0 Å². The van der Waals surface area contributed by atoms with Crippen molar-refractivity contribution in [3.05, 3.63) is 29.1 Å². The van der Waals surface area contributed by atoms with Gasteiger partial charge in [-0.2, -0.15) is 0 Å². The summed E-state index contributed by atoms with van der Waals surface area (Å²) in [4.78, 5) is 21.8. The van der Waals surface area contributed by atoms with Crippen molar-refractivity contribution in [3.8, 4) is 5.75 Å². The van der Waals surface area contributed by atoms with Gasteiger partial charge in [-0.25, -0.2) is 9.18 Å². The summed E-state index contributed by atoms with van der Waals surface area (Å²) < 4.78 is 17.7. The number of hydrogen-bond acceptors (Lipinski definition) is 5. The Balaban J connectivity index is 3.14. The van der Waals surface area contributed by atoms with Gasteiger partial charge in [0, 0.05) is 11.6 Å². The van der Waals surface area contributed by atoms with Gasteiger partial charge in [-0.3, -0.25) is 4.79 Å². The highest BCUT2D eigenvalue weighted by Gasteiger charge is 2.20. The maximum absolute atomic E-state index is 13.3. The monoisotopic (exact) mass is 257 g/mol. The number of benzene rings is 1. The van der Waals surface area contributed by atoms with Gasteiger partial charge in [-0.1, -0.05) is 0 Å². The van der Waals surface area contributed by atoms with Crippen molar-refractivity contribution in [3.63, 3.8) is 0 Å². The lowest BCUT2D eigenvalue weighted by atomic mass is 10.0. The minimum absolute atomic E-state index is 0.155. The van der Waals surface area contributed by atoms with E-state index in [0.717, 1.165) is 13.2 Å². The Labute approximate surface area is 102 Å². The zero-order valence-electron chi connectivity index (χ0n) is 9.51. The van der Waals surface area contributed by atoms with Gasteiger partial charge in [0.15, 0.2) is 11.6 Å². The van der Waals surface area contributed by atoms with Gasteiger partial charge in [0.05, 0.1) is 19.1 Å². The lowest BCUT2D eigenvalue weighted by molar-refractivity contribution is -0.141. The van der Waals surface area contributed by atoms with E-state index >= 15 is 0 Å². The molecule has 0 saturated heterocycles. The van der Waals surface area contributed by atoms with Crippen LogP contribution in [0.5, 0.6) is 5.75 Å². The third kappa shape index (κ3) is 2.95. The Hall–Kier alpha value is -2.15. The molecule has 7 heteroatoms. The van der Waals surface area contributed by atoms with Gasteiger partial charge < -0.3 is 20.7 Å². The van der Waals surface area contributed by atoms with E-state index in [1.54, 1.807) is 0 Å². The molecule has 0 fully saturated rings. The van der Waals surface area contributed by atoms with Crippen LogP contribution in [0, 0.1) is 5.82 Å². The molecule has 0 amide bonds. The molecular weight excluding hydrogens is 245 g/mol. The van der Waals surface area contributed by atoms with Crippen LogP contribution in [0.4, 0.5) is 4.39 Å². The summed E-state index contributed by atoms with van der Waals surface area (Å²) in [5, 5.41) is 18.2. The smallest absolute Gasteiger partial charge is 0.335 e. The molecule has 0 bridgehead atoms. The van der Waals surface area contributed by atoms with Crippen LogP contribution in [0.2, 0.25) is 0 Å². The Morgan fingerprint density at radius 1 is 1.50 bits per heavy atom. The van der Waals surface area contributed by atoms with Crippen molar-refractivity contribution in [2.24, 2.45) is 5.73 Å². The number of phenolic OH excluding ortho intramolecular Hbond substituents is 1. The number of carbonyl (C=O) groups excluding carboxylic acids is 1. The largest absolute Gasteiger partial charge is 0.505 e. The fraction of sp³-hybridized carbons (Fsp3) is 0.273. The molecule has 0 unspecified atom stereocenters. The molecule has 1 aromatic carbocycles. The predicted molar refractivity (Wildman–Crippen MR) is 58.6 cm³/mol. The average Bonchev–Trinajstić information content (AvgIpc) is 2.31. The molecule has 1 rings (SSSR count). The molecule has 0 radical (unpaired) electrons. The van der Waals surface area contributed by atoms with Crippen LogP contribution in [0.1, 0.15) is 28.4 Å². The molecule has 1 aromatic rings. The molecule has 0 heterocycles. The number of hydrogen-bond donors (Lipinski definition) is 3. The summed E-state index contributed by atoms with van der Waals surface area (Å²) in [6, 6.07) is 0.645. The minimum atomic E-state index is -1.36. The number of rotatable bonds is 4. The molecular formula is C11H12FNO5. The van der Waals surface area contributed by atoms with Crippen molar-refractivity contribution in [2.45, 2.75) is 12.5 Å². The summed E-state index contributed by atoms with van der Waals surface area (Å²) in [5.74, 6) is -3.88. The van der Waals surface area contributed by atoms with Crippen LogP contribution < -0.4 is 5.73 Å². The number of ether oxygens (including phenoxy) is 1. The van der Waals surface area contributed by atoms with Crippen LogP contribution in [0.25, 0.3) is 0 Å². The average molecular weight is 257 g/mol. The SMILES string of the molecule is COC(=O)C[C@H](N)c1cc(C(=O)O)cc(F)c1O. The first-order valence-corrected chi connectivity index (χ1v) is 4.95. The standard InChI is InChI=1S/C11H12FNO5/c1-18-9(14)4-8(13)6-2-5(11(16)17)3-7(12)10(6)15/h2-3,8,15H,4,13H2,1H3,(H,16,17)/t8-/m0/s1. The van der Waals surface area contributed by atoms with Gasteiger partial charge in [-0.05, 0) is 12.1 Å². The number of aromatic carboxylic acids is 1. The van der Waals surface area contributed by atoms with Crippen molar-refractivity contribution in [1.82, 2.24) is 0 Å². The van der Waals surface area contributed by atoms with Crippen molar-refractivity contribution < 1.29 is 28.9 Å². The maximum Gasteiger partial charge on any atom is 0.335 e. The summed E-state index contributed by atoms with van der Waals surface area (Å²) in [6.07, 6.45) is -0.299. The molecule has 0 aliphatic heterocycles. The third-order valence-electron chi connectivity index (χ3n) is 2.35. The second-order valence-electron chi connectivity index (χ2n) is 3.59. The second-order valence-corrected chi connectivity index (χ2v) is 3.59. The fourth-order valence-electron chi connectivity index (χ4n) is 1.40. The van der Waals surface area contributed by atoms with E-state index in [2.05, 4.69) is 4.74 Å². The lowest BCUT2D eigenvalue weighted by Crippen LogP contribution is -2.17. The second kappa shape index (κ2) is 5.46. The van der Waals surface area contributed by atoms with E-state index in [-0.39, 0.29) is 17.5 Å². The molecule has 18 heavy (non-hydrogen) atoms. The molecule has 0 aliphatic rings. The van der Waals surface area contributed by atoms with Gasteiger partial charge in [0.25, 0.3) is 0 Å². The van der Waals surface area contributed by atoms with E-state index in [0.29, 0.717) is 6.07 Å². The third-order valence-corrected chi connectivity index (χ3v) is 2.35. The topological polar surface area (TPSA) is 110 Å². The lowest BCUT2D eigenvalue weighted by Gasteiger charge is -2.13. The first-order chi connectivity index (χ1) is 8.36. The number of methoxy groups -OCH3 is 1. The van der Waals surface area contributed by atoms with Crippen LogP contribution >= 0.6 is 0 Å². The number of carboxylic acids is 1. The zero-order valence-corrected chi connectivity index (χ0v) is 9.51. The van der Waals surface area contributed by atoms with Crippen LogP contribution in [-0.4, -0.2) is 29.3 Å². The molecule has 1 atom stereocenters. The number of nitrogens with two attached hydrogens (primary N) is 1. The number of aromatic hydroxyl groups is 1. The molecule has 4 N–H and O–H groups in total. The number of phenols is 1. The normalized spacial score (nSPS) is 11.9. The van der Waals surface area contributed by atoms with Crippen molar-refractivity contribution in [2.75, 3.05) is 7.11 Å². The first kappa shape index (κ1) is 13.9. The highest BCUT2D eigenvalue weighted by molar-refractivity contribution is 5.88. The van der Waals surface area contributed by atoms with E-state index in [4.69, 9.17) is 10.8 Å². The summed E-state index contributed by atoms with van der Waals surface area (Å²) in [7, 11) is 1.16. The maximum atomic E-state index is 13.3. The first-order valence-electron chi connectivity index (χ1n) is 4.95. The fourth-order valence-corrected chi connectivity index (χ4v) is 1.40. The number of halogens is 1. The molecule has 98 valence electrons. The molecule has 6 nitrogen and oxygen atoms in total. The van der Waals surface area contributed by atoms with Crippen LogP contribution in [-0.2, 0) is 9.53 Å². The Morgan fingerprint density at radius 3 is 2.61 bits per heavy atom. The number of carboxylic acid groups (broad SMARTS) is 1. The van der Waals surface area contributed by atoms with E-state index in [1.165, 1.54) is 0 Å². The highest BCUT2D eigenvalue weighted by Crippen LogP contribution is 2.29. The number of esters is 1. The van der Waals surface area contributed by atoms with Gasteiger partial charge in [-0.15, -0.1) is 0 Å². The van der Waals surface area contributed by atoms with Gasteiger partial charge >= 0.3 is 11.9 Å². The van der Waals surface area contributed by atoms with Gasteiger partial charge in [0.1, 0.15) is 0 Å². The Bertz CT molecular complexity index is 489. The van der Waals surface area contributed by atoms with Gasteiger partial charge in [0.2, 0.25) is 0 Å². The summed E-state index contributed by atoms with van der Waals surface area (Å²) in [6.45, 7) is 0. The molecule has 0 saturated carbocycles. The molecule has 0 spiro atoms.